The number of aryl methyl sites for hydroxylation is 1. The predicted molar refractivity (Wildman–Crippen MR) is 98.5 cm³/mol. The maximum absolute atomic E-state index is 13.4. The van der Waals surface area contributed by atoms with Crippen molar-refractivity contribution in [2.24, 2.45) is 0 Å². The Morgan fingerprint density at radius 2 is 2.04 bits per heavy atom. The summed E-state index contributed by atoms with van der Waals surface area (Å²) in [6.45, 7) is 3.31. The topological polar surface area (TPSA) is 59.2 Å². The quantitative estimate of drug-likeness (QED) is 0.691. The SMILES string of the molecule is Cc1ccc(CCN2CC(c3noc(-c4cccc(F)c4)n3)CC2=O)cc1. The molecular weight excluding hydrogens is 345 g/mol. The molecule has 0 spiro atoms. The fourth-order valence-electron chi connectivity index (χ4n) is 3.32. The van der Waals surface area contributed by atoms with Gasteiger partial charge in [0, 0.05) is 31.0 Å². The first kappa shape index (κ1) is 17.4. The van der Waals surface area contributed by atoms with Crippen LogP contribution in [0.5, 0.6) is 0 Å². The lowest BCUT2D eigenvalue weighted by Crippen LogP contribution is -2.27. The molecule has 138 valence electrons. The van der Waals surface area contributed by atoms with Gasteiger partial charge in [-0.3, -0.25) is 4.79 Å². The van der Waals surface area contributed by atoms with E-state index in [-0.39, 0.29) is 23.5 Å². The standard InChI is InChI=1S/C21H20FN3O2/c1-14-5-7-15(8-6-14)9-10-25-13-17(12-19(25)26)20-23-21(27-24-20)16-3-2-4-18(22)11-16/h2-8,11,17H,9-10,12-13H2,1H3. The first-order chi connectivity index (χ1) is 13.1. The minimum absolute atomic E-state index is 0.0958. The van der Waals surface area contributed by atoms with Gasteiger partial charge < -0.3 is 9.42 Å². The molecule has 1 atom stereocenters. The molecule has 1 fully saturated rings. The smallest absolute Gasteiger partial charge is 0.258 e. The van der Waals surface area contributed by atoms with Gasteiger partial charge in [0.25, 0.3) is 5.89 Å². The van der Waals surface area contributed by atoms with Gasteiger partial charge in [-0.1, -0.05) is 41.1 Å². The second-order valence-corrected chi connectivity index (χ2v) is 6.94. The van der Waals surface area contributed by atoms with Crippen LogP contribution in [-0.4, -0.2) is 34.0 Å². The predicted octanol–water partition coefficient (Wildman–Crippen LogP) is 3.74. The summed E-state index contributed by atoms with van der Waals surface area (Å²) in [6.07, 6.45) is 1.19. The van der Waals surface area contributed by atoms with Crippen LogP contribution >= 0.6 is 0 Å². The second-order valence-electron chi connectivity index (χ2n) is 6.94. The minimum atomic E-state index is -0.356. The maximum atomic E-state index is 13.4. The maximum Gasteiger partial charge on any atom is 0.258 e. The monoisotopic (exact) mass is 365 g/mol. The molecule has 0 aliphatic carbocycles. The first-order valence-corrected chi connectivity index (χ1v) is 9.01. The van der Waals surface area contributed by atoms with Crippen LogP contribution in [0.15, 0.2) is 53.1 Å². The van der Waals surface area contributed by atoms with E-state index in [1.54, 1.807) is 12.1 Å². The molecule has 1 aliphatic rings. The van der Waals surface area contributed by atoms with Crippen molar-refractivity contribution in [3.05, 3.63) is 71.3 Å². The lowest BCUT2D eigenvalue weighted by Gasteiger charge is -2.16. The molecule has 0 saturated carbocycles. The molecule has 2 heterocycles. The fraction of sp³-hybridized carbons (Fsp3) is 0.286. The van der Waals surface area contributed by atoms with E-state index < -0.39 is 0 Å². The Labute approximate surface area is 156 Å². The molecule has 0 N–H and O–H groups in total. The molecule has 4 rings (SSSR count). The van der Waals surface area contributed by atoms with Gasteiger partial charge in [-0.25, -0.2) is 4.39 Å². The zero-order chi connectivity index (χ0) is 18.8. The molecule has 0 radical (unpaired) electrons. The number of benzene rings is 2. The Kier molecular flexibility index (Phi) is 4.71. The van der Waals surface area contributed by atoms with Crippen LogP contribution in [0, 0.1) is 12.7 Å². The van der Waals surface area contributed by atoms with Gasteiger partial charge in [-0.2, -0.15) is 4.98 Å². The third kappa shape index (κ3) is 3.89. The van der Waals surface area contributed by atoms with E-state index in [4.69, 9.17) is 4.52 Å². The second kappa shape index (κ2) is 7.31. The van der Waals surface area contributed by atoms with E-state index in [1.165, 1.54) is 23.3 Å². The molecule has 0 bridgehead atoms. The van der Waals surface area contributed by atoms with Gasteiger partial charge in [0.1, 0.15) is 5.82 Å². The number of carbonyl (C=O) groups excluding carboxylic acids is 1. The van der Waals surface area contributed by atoms with E-state index in [2.05, 4.69) is 41.3 Å². The molecule has 1 aliphatic heterocycles. The third-order valence-electron chi connectivity index (χ3n) is 4.88. The summed E-state index contributed by atoms with van der Waals surface area (Å²) in [4.78, 5) is 18.6. The van der Waals surface area contributed by atoms with E-state index in [0.29, 0.717) is 30.9 Å². The van der Waals surface area contributed by atoms with Crippen molar-refractivity contribution in [2.45, 2.75) is 25.7 Å². The average Bonchev–Trinajstić information content (AvgIpc) is 3.28. The van der Waals surface area contributed by atoms with Crippen molar-refractivity contribution in [1.82, 2.24) is 15.0 Å². The van der Waals surface area contributed by atoms with Crippen molar-refractivity contribution in [1.29, 1.82) is 0 Å². The molecular formula is C21H20FN3O2. The fourth-order valence-corrected chi connectivity index (χ4v) is 3.32. The largest absolute Gasteiger partial charge is 0.342 e. The van der Waals surface area contributed by atoms with Gasteiger partial charge in [0.2, 0.25) is 5.91 Å². The van der Waals surface area contributed by atoms with Crippen LogP contribution < -0.4 is 0 Å². The number of halogens is 1. The molecule has 3 aromatic rings. The normalized spacial score (nSPS) is 16.9. The highest BCUT2D eigenvalue weighted by Crippen LogP contribution is 2.28. The van der Waals surface area contributed by atoms with E-state index in [9.17, 15) is 9.18 Å². The molecule has 27 heavy (non-hydrogen) atoms. The van der Waals surface area contributed by atoms with Crippen LogP contribution in [0.4, 0.5) is 4.39 Å². The summed E-state index contributed by atoms with van der Waals surface area (Å²) >= 11 is 0. The number of likely N-dealkylation sites (tertiary alicyclic amines) is 1. The molecule has 1 amide bonds. The number of rotatable bonds is 5. The van der Waals surface area contributed by atoms with E-state index >= 15 is 0 Å². The van der Waals surface area contributed by atoms with Crippen LogP contribution in [-0.2, 0) is 11.2 Å². The lowest BCUT2D eigenvalue weighted by atomic mass is 10.1. The highest BCUT2D eigenvalue weighted by molar-refractivity contribution is 5.79. The number of amides is 1. The summed E-state index contributed by atoms with van der Waals surface area (Å²) in [5.74, 6) is 0.423. The summed E-state index contributed by atoms with van der Waals surface area (Å²) in [7, 11) is 0. The number of hydrogen-bond acceptors (Lipinski definition) is 4. The highest BCUT2D eigenvalue weighted by Gasteiger charge is 2.33. The van der Waals surface area contributed by atoms with Crippen molar-refractivity contribution in [3.63, 3.8) is 0 Å². The Morgan fingerprint density at radius 1 is 1.22 bits per heavy atom. The molecule has 1 unspecified atom stereocenters. The van der Waals surface area contributed by atoms with Gasteiger partial charge >= 0.3 is 0 Å². The minimum Gasteiger partial charge on any atom is -0.342 e. The number of carbonyl (C=O) groups is 1. The average molecular weight is 365 g/mol. The van der Waals surface area contributed by atoms with Crippen LogP contribution in [0.25, 0.3) is 11.5 Å². The van der Waals surface area contributed by atoms with Crippen molar-refractivity contribution < 1.29 is 13.7 Å². The van der Waals surface area contributed by atoms with Crippen molar-refractivity contribution in [3.8, 4) is 11.5 Å². The van der Waals surface area contributed by atoms with Gasteiger partial charge in [0.15, 0.2) is 5.82 Å². The Hall–Kier alpha value is -3.02. The number of nitrogens with zero attached hydrogens (tertiary/aromatic N) is 3. The molecule has 2 aromatic carbocycles. The Bertz CT molecular complexity index is 952. The van der Waals surface area contributed by atoms with Crippen LogP contribution in [0.3, 0.4) is 0 Å². The zero-order valence-corrected chi connectivity index (χ0v) is 15.1. The van der Waals surface area contributed by atoms with Gasteiger partial charge in [-0.05, 0) is 37.1 Å². The molecule has 5 nitrogen and oxygen atoms in total. The van der Waals surface area contributed by atoms with E-state index in [1.807, 2.05) is 4.90 Å². The molecule has 1 aromatic heterocycles. The van der Waals surface area contributed by atoms with Gasteiger partial charge in [0.05, 0.1) is 0 Å². The zero-order valence-electron chi connectivity index (χ0n) is 15.1. The summed E-state index contributed by atoms with van der Waals surface area (Å²) < 4.78 is 18.6. The molecule has 1 saturated heterocycles. The summed E-state index contributed by atoms with van der Waals surface area (Å²) in [6, 6.07) is 14.4. The number of aromatic nitrogens is 2. The Morgan fingerprint density at radius 3 is 2.81 bits per heavy atom. The lowest BCUT2D eigenvalue weighted by molar-refractivity contribution is -0.127. The van der Waals surface area contributed by atoms with E-state index in [0.717, 1.165) is 6.42 Å². The first-order valence-electron chi connectivity index (χ1n) is 9.01. The third-order valence-corrected chi connectivity index (χ3v) is 4.88. The van der Waals surface area contributed by atoms with Crippen LogP contribution in [0.1, 0.15) is 29.3 Å². The summed E-state index contributed by atoms with van der Waals surface area (Å²) in [5.41, 5.74) is 2.97. The molecule has 6 heteroatoms. The number of hydrogen-bond donors (Lipinski definition) is 0. The Balaban J connectivity index is 1.41. The van der Waals surface area contributed by atoms with Crippen molar-refractivity contribution >= 4 is 5.91 Å². The van der Waals surface area contributed by atoms with Crippen molar-refractivity contribution in [2.75, 3.05) is 13.1 Å². The summed E-state index contributed by atoms with van der Waals surface area (Å²) in [5, 5.41) is 4.01. The van der Waals surface area contributed by atoms with Gasteiger partial charge in [-0.15, -0.1) is 0 Å². The van der Waals surface area contributed by atoms with Crippen LogP contribution in [0.2, 0.25) is 0 Å². The highest BCUT2D eigenvalue weighted by atomic mass is 19.1.